The van der Waals surface area contributed by atoms with Crippen LogP contribution in [-0.2, 0) is 11.3 Å². The third kappa shape index (κ3) is 3.32. The Kier molecular flexibility index (Phi) is 4.65. The van der Waals surface area contributed by atoms with Crippen LogP contribution in [0.1, 0.15) is 31.0 Å². The second kappa shape index (κ2) is 6.87. The Morgan fingerprint density at radius 3 is 2.54 bits per heavy atom. The summed E-state index contributed by atoms with van der Waals surface area (Å²) >= 11 is 0. The quantitative estimate of drug-likeness (QED) is 0.775. The lowest BCUT2D eigenvalue weighted by molar-refractivity contribution is -0.125. The summed E-state index contributed by atoms with van der Waals surface area (Å²) in [7, 11) is 0. The van der Waals surface area contributed by atoms with Crippen molar-refractivity contribution in [2.45, 2.75) is 33.4 Å². The predicted molar refractivity (Wildman–Crippen MR) is 96.6 cm³/mol. The van der Waals surface area contributed by atoms with Gasteiger partial charge in [0.05, 0.1) is 17.4 Å². The first-order valence-electron chi connectivity index (χ1n) is 8.31. The van der Waals surface area contributed by atoms with E-state index in [4.69, 9.17) is 0 Å². The molecule has 0 aliphatic rings. The van der Waals surface area contributed by atoms with Gasteiger partial charge in [-0.05, 0) is 30.5 Å². The Bertz CT molecular complexity index is 833. The van der Waals surface area contributed by atoms with Crippen LogP contribution in [0.15, 0.2) is 54.9 Å². The summed E-state index contributed by atoms with van der Waals surface area (Å²) in [5.41, 5.74) is 4.22. The second-order valence-corrected chi connectivity index (χ2v) is 6.53. The fourth-order valence-corrected chi connectivity index (χ4v) is 2.95. The number of hydrogen-bond acceptors (Lipinski definition) is 2. The third-order valence-electron chi connectivity index (χ3n) is 4.27. The number of amides is 1. The fraction of sp³-hybridized carbons (Fsp3) is 0.300. The van der Waals surface area contributed by atoms with E-state index in [0.29, 0.717) is 6.54 Å². The lowest BCUT2D eigenvalue weighted by Gasteiger charge is -2.22. The maximum absolute atomic E-state index is 12.8. The van der Waals surface area contributed by atoms with E-state index in [0.717, 1.165) is 16.6 Å². The zero-order valence-corrected chi connectivity index (χ0v) is 14.4. The molecule has 2 aromatic carbocycles. The minimum absolute atomic E-state index is 0.0220. The molecule has 1 amide bonds. The zero-order valence-electron chi connectivity index (χ0n) is 14.4. The average Bonchev–Trinajstić information content (AvgIpc) is 2.98. The highest BCUT2D eigenvalue weighted by molar-refractivity contribution is 5.84. The van der Waals surface area contributed by atoms with Gasteiger partial charge in [-0.3, -0.25) is 4.79 Å². The van der Waals surface area contributed by atoms with Crippen molar-refractivity contribution < 1.29 is 4.79 Å². The van der Waals surface area contributed by atoms with Crippen molar-refractivity contribution in [1.82, 2.24) is 14.9 Å². The van der Waals surface area contributed by atoms with Gasteiger partial charge in [0.1, 0.15) is 6.04 Å². The molecule has 0 radical (unpaired) electrons. The Hall–Kier alpha value is -2.62. The van der Waals surface area contributed by atoms with E-state index in [1.807, 2.05) is 41.0 Å². The number of nitrogens with zero attached hydrogens (tertiary/aromatic N) is 2. The summed E-state index contributed by atoms with van der Waals surface area (Å²) in [6.07, 6.45) is 1.76. The molecule has 4 nitrogen and oxygen atoms in total. The van der Waals surface area contributed by atoms with E-state index in [9.17, 15) is 4.79 Å². The molecule has 24 heavy (non-hydrogen) atoms. The first-order valence-corrected chi connectivity index (χ1v) is 8.31. The van der Waals surface area contributed by atoms with Gasteiger partial charge in [0.25, 0.3) is 0 Å². The number of carbonyl (C=O) groups excluding carboxylic acids is 1. The smallest absolute Gasteiger partial charge is 0.243 e. The Labute approximate surface area is 142 Å². The molecule has 3 aromatic rings. The first-order chi connectivity index (χ1) is 11.6. The summed E-state index contributed by atoms with van der Waals surface area (Å²) in [5, 5.41) is 3.07. The zero-order chi connectivity index (χ0) is 17.1. The van der Waals surface area contributed by atoms with Crippen molar-refractivity contribution in [2.75, 3.05) is 0 Å². The van der Waals surface area contributed by atoms with Crippen molar-refractivity contribution in [1.29, 1.82) is 0 Å². The predicted octanol–water partition coefficient (Wildman–Crippen LogP) is 3.86. The molecule has 0 unspecified atom stereocenters. The molecular formula is C20H23N3O. The Morgan fingerprint density at radius 2 is 1.83 bits per heavy atom. The van der Waals surface area contributed by atoms with Crippen LogP contribution in [0.4, 0.5) is 0 Å². The molecule has 3 rings (SSSR count). The van der Waals surface area contributed by atoms with Gasteiger partial charge in [0.15, 0.2) is 0 Å². The van der Waals surface area contributed by atoms with Crippen LogP contribution in [0.5, 0.6) is 0 Å². The SMILES string of the molecule is Cc1ccc(CNC(=O)[C@@H](C(C)C)n2cnc3ccccc32)cc1. The monoisotopic (exact) mass is 321 g/mol. The molecule has 1 heterocycles. The molecule has 0 bridgehead atoms. The van der Waals surface area contributed by atoms with Crippen molar-refractivity contribution in [3.05, 3.63) is 66.0 Å². The van der Waals surface area contributed by atoms with Crippen molar-refractivity contribution in [2.24, 2.45) is 5.92 Å². The van der Waals surface area contributed by atoms with Crippen LogP contribution in [0, 0.1) is 12.8 Å². The fourth-order valence-electron chi connectivity index (χ4n) is 2.95. The standard InChI is InChI=1S/C20H23N3O/c1-14(2)19(23-13-22-17-6-4-5-7-18(17)23)20(24)21-12-16-10-8-15(3)9-11-16/h4-11,13-14,19H,12H2,1-3H3,(H,21,24)/t19-/m1/s1. The number of aromatic nitrogens is 2. The van der Waals surface area contributed by atoms with Gasteiger partial charge in [-0.15, -0.1) is 0 Å². The van der Waals surface area contributed by atoms with Crippen molar-refractivity contribution >= 4 is 16.9 Å². The summed E-state index contributed by atoms with van der Waals surface area (Å²) < 4.78 is 1.98. The van der Waals surface area contributed by atoms with Crippen LogP contribution in [0.2, 0.25) is 0 Å². The van der Waals surface area contributed by atoms with E-state index >= 15 is 0 Å². The van der Waals surface area contributed by atoms with E-state index in [2.05, 4.69) is 43.2 Å². The molecule has 0 aliphatic carbocycles. The first kappa shape index (κ1) is 16.2. The molecule has 124 valence electrons. The number of nitrogens with one attached hydrogen (secondary N) is 1. The third-order valence-corrected chi connectivity index (χ3v) is 4.27. The summed E-state index contributed by atoms with van der Waals surface area (Å²) in [6.45, 7) is 6.71. The van der Waals surface area contributed by atoms with E-state index in [1.54, 1.807) is 6.33 Å². The number of benzene rings is 2. The number of para-hydroxylation sites is 2. The van der Waals surface area contributed by atoms with Crippen LogP contribution < -0.4 is 5.32 Å². The average molecular weight is 321 g/mol. The van der Waals surface area contributed by atoms with Gasteiger partial charge in [0, 0.05) is 6.54 Å². The molecule has 0 saturated carbocycles. The molecule has 1 aromatic heterocycles. The number of imidazole rings is 1. The summed E-state index contributed by atoms with van der Waals surface area (Å²) in [4.78, 5) is 17.2. The Balaban J connectivity index is 1.80. The summed E-state index contributed by atoms with van der Waals surface area (Å²) in [6, 6.07) is 15.8. The van der Waals surface area contributed by atoms with Gasteiger partial charge in [-0.2, -0.15) is 0 Å². The van der Waals surface area contributed by atoms with Crippen LogP contribution in [0.3, 0.4) is 0 Å². The van der Waals surface area contributed by atoms with Crippen LogP contribution in [0.25, 0.3) is 11.0 Å². The number of aryl methyl sites for hydroxylation is 1. The normalized spacial score (nSPS) is 12.5. The highest BCUT2D eigenvalue weighted by atomic mass is 16.2. The molecule has 1 N–H and O–H groups in total. The topological polar surface area (TPSA) is 46.9 Å². The number of carbonyl (C=O) groups is 1. The molecule has 4 heteroatoms. The molecular weight excluding hydrogens is 298 g/mol. The Morgan fingerprint density at radius 1 is 1.12 bits per heavy atom. The van der Waals surface area contributed by atoms with Gasteiger partial charge in [-0.1, -0.05) is 55.8 Å². The van der Waals surface area contributed by atoms with Gasteiger partial charge in [0.2, 0.25) is 5.91 Å². The van der Waals surface area contributed by atoms with Crippen LogP contribution in [-0.4, -0.2) is 15.5 Å². The molecule has 0 spiro atoms. The van der Waals surface area contributed by atoms with Gasteiger partial charge < -0.3 is 9.88 Å². The van der Waals surface area contributed by atoms with E-state index < -0.39 is 0 Å². The lowest BCUT2D eigenvalue weighted by atomic mass is 10.0. The van der Waals surface area contributed by atoms with E-state index in [-0.39, 0.29) is 17.9 Å². The van der Waals surface area contributed by atoms with Crippen LogP contribution >= 0.6 is 0 Å². The lowest BCUT2D eigenvalue weighted by Crippen LogP contribution is -2.34. The molecule has 1 atom stereocenters. The highest BCUT2D eigenvalue weighted by Gasteiger charge is 2.25. The molecule has 0 saturated heterocycles. The number of fused-ring (bicyclic) bond motifs is 1. The summed E-state index contributed by atoms with van der Waals surface area (Å²) in [5.74, 6) is 0.189. The van der Waals surface area contributed by atoms with Crippen molar-refractivity contribution in [3.63, 3.8) is 0 Å². The van der Waals surface area contributed by atoms with Crippen molar-refractivity contribution in [3.8, 4) is 0 Å². The molecule has 0 aliphatic heterocycles. The minimum Gasteiger partial charge on any atom is -0.350 e. The highest BCUT2D eigenvalue weighted by Crippen LogP contribution is 2.23. The van der Waals surface area contributed by atoms with Gasteiger partial charge >= 0.3 is 0 Å². The largest absolute Gasteiger partial charge is 0.350 e. The number of rotatable bonds is 5. The second-order valence-electron chi connectivity index (χ2n) is 6.53. The maximum atomic E-state index is 12.8. The molecule has 0 fully saturated rings. The minimum atomic E-state index is -0.275. The van der Waals surface area contributed by atoms with E-state index in [1.165, 1.54) is 5.56 Å². The van der Waals surface area contributed by atoms with Gasteiger partial charge in [-0.25, -0.2) is 4.98 Å². The number of hydrogen-bond donors (Lipinski definition) is 1. The maximum Gasteiger partial charge on any atom is 0.243 e.